The second-order valence-corrected chi connectivity index (χ2v) is 4.49. The third-order valence-corrected chi connectivity index (χ3v) is 2.85. The first-order valence-electron chi connectivity index (χ1n) is 5.24. The molecule has 0 spiro atoms. The summed E-state index contributed by atoms with van der Waals surface area (Å²) in [7, 11) is 1.57. The Balaban J connectivity index is 2.81. The van der Waals surface area contributed by atoms with Crippen molar-refractivity contribution in [2.75, 3.05) is 7.11 Å². The number of phenols is 1. The fourth-order valence-electron chi connectivity index (χ4n) is 1.54. The summed E-state index contributed by atoms with van der Waals surface area (Å²) in [4.78, 5) is 0. The number of phenolic OH excluding ortho intramolecular Hbond substituents is 1. The zero-order chi connectivity index (χ0) is 11.3. The van der Waals surface area contributed by atoms with Gasteiger partial charge in [-0.3, -0.25) is 0 Å². The Morgan fingerprint density at radius 2 is 2.07 bits per heavy atom. The first-order valence-corrected chi connectivity index (χ1v) is 6.03. The largest absolute Gasteiger partial charge is 0.504 e. The lowest BCUT2D eigenvalue weighted by molar-refractivity contribution is 0.370. The summed E-state index contributed by atoms with van der Waals surface area (Å²) in [5.41, 5.74) is 0.953. The molecule has 0 fully saturated rings. The SMILES string of the molecule is CCCCCc1cc(Br)cc(OC)c1O. The van der Waals surface area contributed by atoms with Gasteiger partial charge in [-0.1, -0.05) is 35.7 Å². The van der Waals surface area contributed by atoms with Crippen LogP contribution in [-0.2, 0) is 6.42 Å². The van der Waals surface area contributed by atoms with Crippen LogP contribution in [0.1, 0.15) is 31.7 Å². The van der Waals surface area contributed by atoms with Crippen molar-refractivity contribution >= 4 is 15.9 Å². The predicted octanol–water partition coefficient (Wildman–Crippen LogP) is 3.90. The summed E-state index contributed by atoms with van der Waals surface area (Å²) < 4.78 is 6.04. The van der Waals surface area contributed by atoms with E-state index >= 15 is 0 Å². The Hall–Kier alpha value is -0.700. The molecule has 0 unspecified atom stereocenters. The quantitative estimate of drug-likeness (QED) is 0.824. The number of rotatable bonds is 5. The lowest BCUT2D eigenvalue weighted by atomic mass is 10.1. The van der Waals surface area contributed by atoms with E-state index in [1.165, 1.54) is 12.8 Å². The predicted molar refractivity (Wildman–Crippen MR) is 65.6 cm³/mol. The van der Waals surface area contributed by atoms with E-state index in [0.29, 0.717) is 5.75 Å². The van der Waals surface area contributed by atoms with Gasteiger partial charge in [0.2, 0.25) is 0 Å². The molecule has 1 N–H and O–H groups in total. The normalized spacial score (nSPS) is 10.3. The minimum absolute atomic E-state index is 0.275. The molecule has 0 heterocycles. The van der Waals surface area contributed by atoms with Crippen LogP contribution in [0.2, 0.25) is 0 Å². The van der Waals surface area contributed by atoms with Gasteiger partial charge in [-0.15, -0.1) is 0 Å². The van der Waals surface area contributed by atoms with Crippen LogP contribution in [-0.4, -0.2) is 12.2 Å². The zero-order valence-corrected chi connectivity index (χ0v) is 10.8. The van der Waals surface area contributed by atoms with E-state index in [1.54, 1.807) is 13.2 Å². The molecule has 1 rings (SSSR count). The van der Waals surface area contributed by atoms with Gasteiger partial charge in [0.25, 0.3) is 0 Å². The molecule has 0 amide bonds. The van der Waals surface area contributed by atoms with E-state index in [-0.39, 0.29) is 5.75 Å². The highest BCUT2D eigenvalue weighted by molar-refractivity contribution is 9.10. The molecule has 1 aromatic rings. The summed E-state index contributed by atoms with van der Waals surface area (Å²) in [5.74, 6) is 0.813. The number of halogens is 1. The average molecular weight is 273 g/mol. The Morgan fingerprint density at radius 1 is 1.33 bits per heavy atom. The Morgan fingerprint density at radius 3 is 2.67 bits per heavy atom. The lowest BCUT2D eigenvalue weighted by Crippen LogP contribution is -1.91. The average Bonchev–Trinajstić information content (AvgIpc) is 2.23. The van der Waals surface area contributed by atoms with E-state index in [2.05, 4.69) is 22.9 Å². The smallest absolute Gasteiger partial charge is 0.161 e. The molecule has 0 bridgehead atoms. The Labute approximate surface area is 99.4 Å². The molecular weight excluding hydrogens is 256 g/mol. The number of hydrogen-bond acceptors (Lipinski definition) is 2. The highest BCUT2D eigenvalue weighted by atomic mass is 79.9. The van der Waals surface area contributed by atoms with Crippen molar-refractivity contribution in [3.8, 4) is 11.5 Å². The highest BCUT2D eigenvalue weighted by Gasteiger charge is 2.09. The van der Waals surface area contributed by atoms with Crippen LogP contribution in [0.3, 0.4) is 0 Å². The molecule has 1 aromatic carbocycles. The molecule has 0 radical (unpaired) electrons. The zero-order valence-electron chi connectivity index (χ0n) is 9.22. The van der Waals surface area contributed by atoms with Crippen LogP contribution < -0.4 is 4.74 Å². The van der Waals surface area contributed by atoms with Crippen molar-refractivity contribution in [1.82, 2.24) is 0 Å². The number of unbranched alkanes of at least 4 members (excludes halogenated alkanes) is 2. The van der Waals surface area contributed by atoms with Crippen molar-refractivity contribution < 1.29 is 9.84 Å². The fourth-order valence-corrected chi connectivity index (χ4v) is 2.02. The molecule has 3 heteroatoms. The molecule has 0 aliphatic carbocycles. The summed E-state index contributed by atoms with van der Waals surface area (Å²) in [5, 5.41) is 9.87. The summed E-state index contributed by atoms with van der Waals surface area (Å²) in [6.07, 6.45) is 4.37. The van der Waals surface area contributed by atoms with Crippen LogP contribution in [0.15, 0.2) is 16.6 Å². The molecular formula is C12H17BrO2. The van der Waals surface area contributed by atoms with Crippen molar-refractivity contribution in [3.63, 3.8) is 0 Å². The second kappa shape index (κ2) is 6.01. The van der Waals surface area contributed by atoms with Gasteiger partial charge in [0.05, 0.1) is 7.11 Å². The number of ether oxygens (including phenoxy) is 1. The lowest BCUT2D eigenvalue weighted by Gasteiger charge is -2.09. The first-order chi connectivity index (χ1) is 7.19. The molecule has 0 aliphatic rings. The van der Waals surface area contributed by atoms with E-state index in [9.17, 15) is 5.11 Å². The van der Waals surface area contributed by atoms with E-state index in [0.717, 1.165) is 22.9 Å². The van der Waals surface area contributed by atoms with Gasteiger partial charge < -0.3 is 9.84 Å². The topological polar surface area (TPSA) is 29.5 Å². The van der Waals surface area contributed by atoms with Crippen LogP contribution >= 0.6 is 15.9 Å². The van der Waals surface area contributed by atoms with Crippen molar-refractivity contribution in [1.29, 1.82) is 0 Å². The first kappa shape index (κ1) is 12.4. The summed E-state index contributed by atoms with van der Waals surface area (Å²) >= 11 is 3.41. The van der Waals surface area contributed by atoms with Gasteiger partial charge in [0.15, 0.2) is 11.5 Å². The molecule has 0 saturated heterocycles. The third kappa shape index (κ3) is 3.42. The Kier molecular flexibility index (Phi) is 4.95. The maximum atomic E-state index is 9.87. The standard InChI is InChI=1S/C12H17BrO2/c1-3-4-5-6-9-7-10(13)8-11(15-2)12(9)14/h7-8,14H,3-6H2,1-2H3. The second-order valence-electron chi connectivity index (χ2n) is 3.57. The minimum Gasteiger partial charge on any atom is -0.504 e. The molecule has 0 aliphatic heterocycles. The number of hydrogen-bond donors (Lipinski definition) is 1. The number of methoxy groups -OCH3 is 1. The van der Waals surface area contributed by atoms with Gasteiger partial charge >= 0.3 is 0 Å². The number of benzene rings is 1. The van der Waals surface area contributed by atoms with Crippen molar-refractivity contribution in [3.05, 3.63) is 22.2 Å². The van der Waals surface area contributed by atoms with Gasteiger partial charge in [-0.25, -0.2) is 0 Å². The van der Waals surface area contributed by atoms with Crippen LogP contribution in [0.25, 0.3) is 0 Å². The number of aryl methyl sites for hydroxylation is 1. The van der Waals surface area contributed by atoms with E-state index in [1.807, 2.05) is 6.07 Å². The Bertz CT molecular complexity index is 324. The van der Waals surface area contributed by atoms with Crippen molar-refractivity contribution in [2.24, 2.45) is 0 Å². The molecule has 84 valence electrons. The summed E-state index contributed by atoms with van der Waals surface area (Å²) in [6, 6.07) is 3.73. The highest BCUT2D eigenvalue weighted by Crippen LogP contribution is 2.34. The van der Waals surface area contributed by atoms with Crippen LogP contribution in [0.4, 0.5) is 0 Å². The van der Waals surface area contributed by atoms with Crippen LogP contribution in [0, 0.1) is 0 Å². The van der Waals surface area contributed by atoms with Gasteiger partial charge in [-0.2, -0.15) is 0 Å². The fraction of sp³-hybridized carbons (Fsp3) is 0.500. The molecule has 0 saturated carbocycles. The van der Waals surface area contributed by atoms with E-state index in [4.69, 9.17) is 4.74 Å². The monoisotopic (exact) mass is 272 g/mol. The van der Waals surface area contributed by atoms with Gasteiger partial charge in [0, 0.05) is 4.47 Å². The van der Waals surface area contributed by atoms with Gasteiger partial charge in [0.1, 0.15) is 0 Å². The van der Waals surface area contributed by atoms with E-state index < -0.39 is 0 Å². The maximum Gasteiger partial charge on any atom is 0.161 e. The van der Waals surface area contributed by atoms with Gasteiger partial charge in [-0.05, 0) is 30.5 Å². The van der Waals surface area contributed by atoms with Crippen molar-refractivity contribution in [2.45, 2.75) is 32.6 Å². The molecule has 2 nitrogen and oxygen atoms in total. The minimum atomic E-state index is 0.275. The number of aromatic hydroxyl groups is 1. The summed E-state index contributed by atoms with van der Waals surface area (Å²) in [6.45, 7) is 2.17. The molecule has 0 aromatic heterocycles. The third-order valence-electron chi connectivity index (χ3n) is 2.39. The van der Waals surface area contributed by atoms with Crippen LogP contribution in [0.5, 0.6) is 11.5 Å². The molecule has 0 atom stereocenters. The maximum absolute atomic E-state index is 9.87. The molecule has 15 heavy (non-hydrogen) atoms.